The molecule has 0 radical (unpaired) electrons. The zero-order valence-electron chi connectivity index (χ0n) is 15.3. The number of nitrogens with zero attached hydrogens (tertiary/aromatic N) is 2. The maximum Gasteiger partial charge on any atom is 0.269 e. The number of hydrazine groups is 1. The third-order valence-electron chi connectivity index (χ3n) is 4.28. The molecule has 3 rings (SSSR count). The first-order valence-electron chi connectivity index (χ1n) is 8.88. The van der Waals surface area contributed by atoms with Crippen LogP contribution in [0.1, 0.15) is 30.5 Å². The molecule has 1 aliphatic rings. The number of nitrogens with one attached hydrogen (secondary N) is 3. The number of ether oxygens (including phenoxy) is 1. The summed E-state index contributed by atoms with van der Waals surface area (Å²) in [6.45, 7) is 2.52. The smallest absolute Gasteiger partial charge is 0.269 e. The summed E-state index contributed by atoms with van der Waals surface area (Å²) in [6, 6.07) is 13.0. The normalized spacial score (nSPS) is 18.9. The Bertz CT molecular complexity index is 869. The van der Waals surface area contributed by atoms with Crippen LogP contribution in [-0.4, -0.2) is 29.7 Å². The van der Waals surface area contributed by atoms with Crippen LogP contribution in [0.15, 0.2) is 53.6 Å². The van der Waals surface area contributed by atoms with Crippen LogP contribution in [0, 0.1) is 10.1 Å². The summed E-state index contributed by atoms with van der Waals surface area (Å²) in [5, 5.41) is 14.9. The van der Waals surface area contributed by atoms with Crippen LogP contribution in [0.5, 0.6) is 5.75 Å². The van der Waals surface area contributed by atoms with Crippen molar-refractivity contribution >= 4 is 17.8 Å². The van der Waals surface area contributed by atoms with E-state index in [1.165, 1.54) is 12.1 Å². The van der Waals surface area contributed by atoms with Gasteiger partial charge in [0, 0.05) is 18.2 Å². The van der Waals surface area contributed by atoms with Crippen LogP contribution >= 0.6 is 0 Å². The van der Waals surface area contributed by atoms with Gasteiger partial charge in [-0.3, -0.25) is 14.9 Å². The molecular formula is C19H21N5O4. The second-order valence-corrected chi connectivity index (χ2v) is 6.22. The molecule has 1 amide bonds. The molecule has 146 valence electrons. The Morgan fingerprint density at radius 1 is 1.32 bits per heavy atom. The Hall–Kier alpha value is -3.30. The average Bonchev–Trinajstić information content (AvgIpc) is 3.20. The second kappa shape index (κ2) is 9.07. The average molecular weight is 383 g/mol. The van der Waals surface area contributed by atoms with Crippen LogP contribution in [-0.2, 0) is 4.79 Å². The molecule has 28 heavy (non-hydrogen) atoms. The maximum atomic E-state index is 12.3. The molecule has 0 bridgehead atoms. The van der Waals surface area contributed by atoms with Gasteiger partial charge in [0.05, 0.1) is 17.7 Å². The summed E-state index contributed by atoms with van der Waals surface area (Å²) in [4.78, 5) is 22.7. The number of carbonyl (C=O) groups is 1. The molecule has 0 saturated carbocycles. The van der Waals surface area contributed by atoms with Gasteiger partial charge >= 0.3 is 0 Å². The van der Waals surface area contributed by atoms with Crippen molar-refractivity contribution in [1.82, 2.24) is 16.3 Å². The van der Waals surface area contributed by atoms with Gasteiger partial charge in [0.1, 0.15) is 11.8 Å². The largest absolute Gasteiger partial charge is 0.494 e. The molecule has 1 fully saturated rings. The molecule has 1 saturated heterocycles. The fourth-order valence-corrected chi connectivity index (χ4v) is 2.87. The number of hydrazone groups is 1. The first kappa shape index (κ1) is 19.5. The van der Waals surface area contributed by atoms with Gasteiger partial charge in [0.25, 0.3) is 11.6 Å². The highest BCUT2D eigenvalue weighted by atomic mass is 16.6. The Morgan fingerprint density at radius 3 is 2.82 bits per heavy atom. The van der Waals surface area contributed by atoms with Gasteiger partial charge in [-0.05, 0) is 48.7 Å². The van der Waals surface area contributed by atoms with Gasteiger partial charge in [0.15, 0.2) is 0 Å². The van der Waals surface area contributed by atoms with Crippen LogP contribution < -0.4 is 21.0 Å². The van der Waals surface area contributed by atoms with Crippen molar-refractivity contribution in [2.75, 3.05) is 6.61 Å². The Balaban J connectivity index is 1.53. The number of amides is 1. The molecule has 2 aromatic carbocycles. The lowest BCUT2D eigenvalue weighted by Gasteiger charge is -2.09. The lowest BCUT2D eigenvalue weighted by atomic mass is 10.0. The van der Waals surface area contributed by atoms with E-state index in [2.05, 4.69) is 21.4 Å². The minimum atomic E-state index is -0.498. The van der Waals surface area contributed by atoms with Gasteiger partial charge < -0.3 is 4.74 Å². The van der Waals surface area contributed by atoms with Crippen molar-refractivity contribution < 1.29 is 14.5 Å². The molecule has 1 aliphatic heterocycles. The molecular weight excluding hydrogens is 362 g/mol. The Morgan fingerprint density at radius 2 is 2.11 bits per heavy atom. The monoisotopic (exact) mass is 383 g/mol. The number of nitro groups is 1. The number of non-ortho nitro benzene ring substituents is 1. The third-order valence-corrected chi connectivity index (χ3v) is 4.28. The van der Waals surface area contributed by atoms with Crippen LogP contribution in [0.25, 0.3) is 0 Å². The van der Waals surface area contributed by atoms with Crippen molar-refractivity contribution in [1.29, 1.82) is 0 Å². The van der Waals surface area contributed by atoms with E-state index in [-0.39, 0.29) is 17.6 Å². The highest BCUT2D eigenvalue weighted by molar-refractivity contribution is 5.85. The van der Waals surface area contributed by atoms with E-state index in [9.17, 15) is 14.9 Å². The Kier molecular flexibility index (Phi) is 6.30. The lowest BCUT2D eigenvalue weighted by Crippen LogP contribution is -2.41. The first-order valence-corrected chi connectivity index (χ1v) is 8.88. The minimum Gasteiger partial charge on any atom is -0.494 e. The standard InChI is InChI=1S/C19H21N5O4/c1-2-28-16-8-6-13(7-9-16)12-20-23-19(25)18-11-17(21-22-18)14-4-3-5-15(10-14)24(26)27/h3-10,12,17-18,21-22H,2,11H2,1H3,(H,23,25)/b20-12+. The highest BCUT2D eigenvalue weighted by Crippen LogP contribution is 2.25. The molecule has 9 heteroatoms. The fourth-order valence-electron chi connectivity index (χ4n) is 2.87. The molecule has 9 nitrogen and oxygen atoms in total. The zero-order valence-corrected chi connectivity index (χ0v) is 15.3. The molecule has 3 N–H and O–H groups in total. The number of benzene rings is 2. The predicted octanol–water partition coefficient (Wildman–Crippen LogP) is 2.05. The van der Waals surface area contributed by atoms with Crippen molar-refractivity contribution in [2.24, 2.45) is 5.10 Å². The van der Waals surface area contributed by atoms with E-state index in [0.29, 0.717) is 13.0 Å². The maximum absolute atomic E-state index is 12.3. The van der Waals surface area contributed by atoms with Crippen molar-refractivity contribution in [3.8, 4) is 5.75 Å². The van der Waals surface area contributed by atoms with Gasteiger partial charge in [-0.1, -0.05) is 12.1 Å². The zero-order chi connectivity index (χ0) is 19.9. The minimum absolute atomic E-state index is 0.0205. The third kappa shape index (κ3) is 4.90. The van der Waals surface area contributed by atoms with Crippen molar-refractivity contribution in [3.05, 3.63) is 69.8 Å². The number of hydrogen-bond acceptors (Lipinski definition) is 7. The molecule has 0 aliphatic carbocycles. The number of carbonyl (C=O) groups excluding carboxylic acids is 1. The molecule has 2 aromatic rings. The number of hydrogen-bond donors (Lipinski definition) is 3. The van der Waals surface area contributed by atoms with E-state index < -0.39 is 11.0 Å². The summed E-state index contributed by atoms with van der Waals surface area (Å²) < 4.78 is 5.37. The van der Waals surface area contributed by atoms with E-state index in [1.54, 1.807) is 18.3 Å². The lowest BCUT2D eigenvalue weighted by molar-refractivity contribution is -0.384. The molecule has 2 atom stereocenters. The topological polar surface area (TPSA) is 118 Å². The summed E-state index contributed by atoms with van der Waals surface area (Å²) in [5.74, 6) is 0.486. The van der Waals surface area contributed by atoms with Gasteiger partial charge in [-0.15, -0.1) is 0 Å². The van der Waals surface area contributed by atoms with E-state index in [0.717, 1.165) is 16.9 Å². The quantitative estimate of drug-likeness (QED) is 0.383. The summed E-state index contributed by atoms with van der Waals surface area (Å²) in [5.41, 5.74) is 10.00. The van der Waals surface area contributed by atoms with Crippen molar-refractivity contribution in [3.63, 3.8) is 0 Å². The summed E-state index contributed by atoms with van der Waals surface area (Å²) in [7, 11) is 0. The van der Waals surface area contributed by atoms with Gasteiger partial charge in [-0.2, -0.15) is 5.10 Å². The van der Waals surface area contributed by atoms with E-state index in [1.807, 2.05) is 31.2 Å². The molecule has 0 spiro atoms. The van der Waals surface area contributed by atoms with Gasteiger partial charge in [0.2, 0.25) is 0 Å². The number of rotatable bonds is 7. The highest BCUT2D eigenvalue weighted by Gasteiger charge is 2.30. The first-order chi connectivity index (χ1) is 13.6. The van der Waals surface area contributed by atoms with E-state index >= 15 is 0 Å². The van der Waals surface area contributed by atoms with Crippen LogP contribution in [0.4, 0.5) is 5.69 Å². The molecule has 0 aromatic heterocycles. The molecule has 1 heterocycles. The van der Waals surface area contributed by atoms with Crippen LogP contribution in [0.2, 0.25) is 0 Å². The van der Waals surface area contributed by atoms with Crippen LogP contribution in [0.3, 0.4) is 0 Å². The van der Waals surface area contributed by atoms with E-state index in [4.69, 9.17) is 4.74 Å². The van der Waals surface area contributed by atoms with Gasteiger partial charge in [-0.25, -0.2) is 16.3 Å². The molecule has 2 unspecified atom stereocenters. The predicted molar refractivity (Wildman–Crippen MR) is 104 cm³/mol. The SMILES string of the molecule is CCOc1ccc(/C=N/NC(=O)C2CC(c3cccc([N+](=O)[O-])c3)NN2)cc1. The second-order valence-electron chi connectivity index (χ2n) is 6.22. The summed E-state index contributed by atoms with van der Waals surface area (Å²) in [6.07, 6.45) is 2.00. The fraction of sp³-hybridized carbons (Fsp3) is 0.263. The Labute approximate surface area is 161 Å². The summed E-state index contributed by atoms with van der Waals surface area (Å²) >= 11 is 0. The number of nitro benzene ring substituents is 1. The van der Waals surface area contributed by atoms with Crippen molar-refractivity contribution in [2.45, 2.75) is 25.4 Å².